The second-order valence-electron chi connectivity index (χ2n) is 4.74. The molecule has 0 unspecified atom stereocenters. The van der Waals surface area contributed by atoms with E-state index in [1.807, 2.05) is 0 Å². The molecule has 1 aromatic carbocycles. The van der Waals surface area contributed by atoms with Crippen molar-refractivity contribution >= 4 is 52.3 Å². The van der Waals surface area contributed by atoms with Gasteiger partial charge in [0.1, 0.15) is 5.02 Å². The minimum atomic E-state index is -1.55. The quantitative estimate of drug-likeness (QED) is 0.771. The normalized spacial score (nSPS) is 10.5. The van der Waals surface area contributed by atoms with Crippen LogP contribution in [0, 0.1) is 0 Å². The Morgan fingerprint density at radius 1 is 1.26 bits per heavy atom. The summed E-state index contributed by atoms with van der Waals surface area (Å²) in [5.41, 5.74) is 7.33. The number of carbonyl (C=O) groups is 1. The smallest absolute Gasteiger partial charge is 0.449 e. The van der Waals surface area contributed by atoms with Crippen molar-refractivity contribution in [2.75, 3.05) is 24.7 Å². The maximum Gasteiger partial charge on any atom is 0.512 e. The summed E-state index contributed by atoms with van der Waals surface area (Å²) >= 11 is 18.4. The second kappa shape index (κ2) is 6.70. The molecule has 122 valence electrons. The number of hydrogen-bond acceptors (Lipinski definition) is 5. The van der Waals surface area contributed by atoms with Gasteiger partial charge in [-0.3, -0.25) is 0 Å². The van der Waals surface area contributed by atoms with Gasteiger partial charge >= 0.3 is 6.16 Å². The average Bonchev–Trinajstić information content (AvgIpc) is 2.43. The lowest BCUT2D eigenvalue weighted by Crippen LogP contribution is -2.10. The standard InChI is InChI=1S/C14H12Cl3N3O3/c1-20(2)12-7(15)4-3-6(10(12)16)9-5-8(18)11(17)13(19-9)23-14(21)22/h3-5H,1-2H3,(H2,18,19)(H,21,22). The minimum absolute atomic E-state index is 0.0888. The minimum Gasteiger partial charge on any atom is -0.449 e. The number of anilines is 2. The molecule has 0 radical (unpaired) electrons. The Morgan fingerprint density at radius 2 is 1.91 bits per heavy atom. The highest BCUT2D eigenvalue weighted by Crippen LogP contribution is 2.41. The summed E-state index contributed by atoms with van der Waals surface area (Å²) < 4.78 is 4.54. The molecule has 0 fully saturated rings. The van der Waals surface area contributed by atoms with E-state index in [-0.39, 0.29) is 16.6 Å². The molecule has 6 nitrogen and oxygen atoms in total. The molecular weight excluding hydrogens is 365 g/mol. The van der Waals surface area contributed by atoms with Crippen LogP contribution in [-0.2, 0) is 0 Å². The molecule has 0 atom stereocenters. The summed E-state index contributed by atoms with van der Waals surface area (Å²) in [6.07, 6.45) is -1.55. The maximum atomic E-state index is 10.7. The highest BCUT2D eigenvalue weighted by Gasteiger charge is 2.19. The number of nitrogens with zero attached hydrogens (tertiary/aromatic N) is 2. The molecule has 0 aliphatic heterocycles. The van der Waals surface area contributed by atoms with Crippen molar-refractivity contribution in [3.05, 3.63) is 33.3 Å². The maximum absolute atomic E-state index is 10.7. The van der Waals surface area contributed by atoms with Gasteiger partial charge in [0.05, 0.1) is 27.1 Å². The predicted molar refractivity (Wildman–Crippen MR) is 92.1 cm³/mol. The van der Waals surface area contributed by atoms with E-state index in [4.69, 9.17) is 45.6 Å². The molecule has 0 aliphatic carbocycles. The molecule has 2 rings (SSSR count). The Balaban J connectivity index is 2.65. The lowest BCUT2D eigenvalue weighted by atomic mass is 10.1. The van der Waals surface area contributed by atoms with Gasteiger partial charge in [0.25, 0.3) is 0 Å². The van der Waals surface area contributed by atoms with E-state index < -0.39 is 6.16 Å². The molecule has 0 aliphatic rings. The van der Waals surface area contributed by atoms with Crippen molar-refractivity contribution in [2.24, 2.45) is 0 Å². The third-order valence-electron chi connectivity index (χ3n) is 2.93. The number of rotatable bonds is 3. The van der Waals surface area contributed by atoms with Crippen molar-refractivity contribution in [3.8, 4) is 17.1 Å². The van der Waals surface area contributed by atoms with Crippen LogP contribution in [0.25, 0.3) is 11.3 Å². The SMILES string of the molecule is CN(C)c1c(Cl)ccc(-c2cc(N)c(Cl)c(OC(=O)O)n2)c1Cl. The Labute approximate surface area is 147 Å². The Hall–Kier alpha value is -1.89. The number of carboxylic acid groups (broad SMARTS) is 1. The van der Waals surface area contributed by atoms with Crippen LogP contribution in [0.5, 0.6) is 5.88 Å². The fraction of sp³-hybridized carbons (Fsp3) is 0.143. The molecule has 0 saturated carbocycles. The Bertz CT molecular complexity index is 782. The van der Waals surface area contributed by atoms with E-state index in [0.29, 0.717) is 27.0 Å². The topological polar surface area (TPSA) is 88.7 Å². The number of halogens is 3. The van der Waals surface area contributed by atoms with Crippen molar-refractivity contribution in [2.45, 2.75) is 0 Å². The molecule has 23 heavy (non-hydrogen) atoms. The molecule has 3 N–H and O–H groups in total. The largest absolute Gasteiger partial charge is 0.512 e. The van der Waals surface area contributed by atoms with Gasteiger partial charge in [0, 0.05) is 19.7 Å². The van der Waals surface area contributed by atoms with Crippen molar-refractivity contribution < 1.29 is 14.6 Å². The third kappa shape index (κ3) is 3.55. The van der Waals surface area contributed by atoms with E-state index >= 15 is 0 Å². The zero-order valence-corrected chi connectivity index (χ0v) is 14.4. The molecule has 0 saturated heterocycles. The number of aromatic nitrogens is 1. The zero-order valence-electron chi connectivity index (χ0n) is 12.1. The van der Waals surface area contributed by atoms with Crippen LogP contribution in [0.1, 0.15) is 0 Å². The van der Waals surface area contributed by atoms with Crippen LogP contribution in [0.2, 0.25) is 15.1 Å². The summed E-state index contributed by atoms with van der Waals surface area (Å²) in [5.74, 6) is -0.313. The monoisotopic (exact) mass is 375 g/mol. The summed E-state index contributed by atoms with van der Waals surface area (Å²) in [6, 6.07) is 4.78. The Morgan fingerprint density at radius 3 is 2.48 bits per heavy atom. The highest BCUT2D eigenvalue weighted by molar-refractivity contribution is 6.41. The van der Waals surface area contributed by atoms with E-state index in [2.05, 4.69) is 9.72 Å². The second-order valence-corrected chi connectivity index (χ2v) is 5.90. The molecule has 9 heteroatoms. The Kier molecular flexibility index (Phi) is 5.09. The van der Waals surface area contributed by atoms with E-state index in [9.17, 15) is 4.79 Å². The van der Waals surface area contributed by atoms with Crippen molar-refractivity contribution in [1.29, 1.82) is 0 Å². The van der Waals surface area contributed by atoms with Crippen LogP contribution in [0.15, 0.2) is 18.2 Å². The molecule has 1 heterocycles. The van der Waals surface area contributed by atoms with Gasteiger partial charge in [-0.05, 0) is 18.2 Å². The van der Waals surface area contributed by atoms with Crippen LogP contribution in [0.4, 0.5) is 16.2 Å². The third-order valence-corrected chi connectivity index (χ3v) is 4.00. The van der Waals surface area contributed by atoms with Crippen LogP contribution in [-0.4, -0.2) is 30.3 Å². The predicted octanol–water partition coefficient (Wildman–Crippen LogP) is 4.41. The van der Waals surface area contributed by atoms with Crippen molar-refractivity contribution in [1.82, 2.24) is 4.98 Å². The summed E-state index contributed by atoms with van der Waals surface area (Å²) in [5, 5.41) is 9.46. The molecule has 2 aromatic rings. The summed E-state index contributed by atoms with van der Waals surface area (Å²) in [4.78, 5) is 16.5. The molecule has 0 amide bonds. The number of benzene rings is 1. The lowest BCUT2D eigenvalue weighted by Gasteiger charge is -2.18. The fourth-order valence-electron chi connectivity index (χ4n) is 1.96. The average molecular weight is 377 g/mol. The number of hydrogen-bond donors (Lipinski definition) is 2. The first-order chi connectivity index (χ1) is 10.7. The number of pyridine rings is 1. The van der Waals surface area contributed by atoms with Gasteiger partial charge < -0.3 is 20.5 Å². The van der Waals surface area contributed by atoms with Gasteiger partial charge in [0.15, 0.2) is 0 Å². The zero-order chi connectivity index (χ0) is 17.3. The van der Waals surface area contributed by atoms with Crippen LogP contribution >= 0.6 is 34.8 Å². The number of ether oxygens (including phenoxy) is 1. The van der Waals surface area contributed by atoms with Crippen molar-refractivity contribution in [3.63, 3.8) is 0 Å². The van der Waals surface area contributed by atoms with E-state index in [1.165, 1.54) is 6.07 Å². The van der Waals surface area contributed by atoms with E-state index in [0.717, 1.165) is 0 Å². The van der Waals surface area contributed by atoms with Gasteiger partial charge in [-0.1, -0.05) is 34.8 Å². The molecule has 1 aromatic heterocycles. The first kappa shape index (κ1) is 17.5. The number of nitrogens with two attached hydrogens (primary N) is 1. The van der Waals surface area contributed by atoms with Gasteiger partial charge in [-0.15, -0.1) is 0 Å². The first-order valence-corrected chi connectivity index (χ1v) is 7.38. The van der Waals surface area contributed by atoms with Gasteiger partial charge in [0.2, 0.25) is 5.88 Å². The highest BCUT2D eigenvalue weighted by atomic mass is 35.5. The summed E-state index contributed by atoms with van der Waals surface area (Å²) in [6.45, 7) is 0. The first-order valence-electron chi connectivity index (χ1n) is 6.24. The van der Waals surface area contributed by atoms with Gasteiger partial charge in [-0.2, -0.15) is 0 Å². The molecule has 0 bridgehead atoms. The van der Waals surface area contributed by atoms with E-state index in [1.54, 1.807) is 31.1 Å². The fourth-order valence-corrected chi connectivity index (χ4v) is 2.90. The molecule has 0 spiro atoms. The van der Waals surface area contributed by atoms with Gasteiger partial charge in [-0.25, -0.2) is 9.78 Å². The molecular formula is C14H12Cl3N3O3. The summed E-state index contributed by atoms with van der Waals surface area (Å²) in [7, 11) is 3.58. The van der Waals surface area contributed by atoms with Crippen LogP contribution in [0.3, 0.4) is 0 Å². The lowest BCUT2D eigenvalue weighted by molar-refractivity contribution is 0.142. The van der Waals surface area contributed by atoms with Crippen LogP contribution < -0.4 is 15.4 Å². The number of nitrogen functional groups attached to an aromatic ring is 1.